The molecule has 0 aliphatic rings. The van der Waals surface area contributed by atoms with Crippen molar-refractivity contribution in [1.29, 1.82) is 0 Å². The largest absolute Gasteiger partial charge is 0.494 e. The van der Waals surface area contributed by atoms with Gasteiger partial charge in [0.05, 0.1) is 6.61 Å². The van der Waals surface area contributed by atoms with Crippen molar-refractivity contribution in [1.82, 2.24) is 10.2 Å². The van der Waals surface area contributed by atoms with Crippen molar-refractivity contribution in [2.24, 2.45) is 0 Å². The van der Waals surface area contributed by atoms with Gasteiger partial charge in [-0.25, -0.2) is 0 Å². The molecule has 28 heavy (non-hydrogen) atoms. The van der Waals surface area contributed by atoms with Gasteiger partial charge in [0.25, 0.3) is 0 Å². The molecule has 2 amide bonds. The van der Waals surface area contributed by atoms with E-state index < -0.39 is 6.04 Å². The molecule has 0 aliphatic heterocycles. The van der Waals surface area contributed by atoms with Gasteiger partial charge in [0.15, 0.2) is 0 Å². The molecule has 150 valence electrons. The molecule has 1 atom stereocenters. The summed E-state index contributed by atoms with van der Waals surface area (Å²) in [5.74, 6) is 0.634. The first-order valence-corrected chi connectivity index (χ1v) is 9.90. The van der Waals surface area contributed by atoms with Gasteiger partial charge in [-0.15, -0.1) is 0 Å². The van der Waals surface area contributed by atoms with Gasteiger partial charge in [-0.1, -0.05) is 55.5 Å². The fraction of sp³-hybridized carbons (Fsp3) is 0.391. The maximum absolute atomic E-state index is 12.9. The molecule has 5 heteroatoms. The minimum Gasteiger partial charge on any atom is -0.494 e. The van der Waals surface area contributed by atoms with E-state index in [1.54, 1.807) is 11.8 Å². The molecule has 0 heterocycles. The molecule has 0 bridgehead atoms. The number of amides is 2. The highest BCUT2D eigenvalue weighted by Crippen LogP contribution is 2.13. The zero-order valence-electron chi connectivity index (χ0n) is 16.8. The van der Waals surface area contributed by atoms with Gasteiger partial charge in [-0.05, 0) is 37.5 Å². The molecule has 5 nitrogen and oxygen atoms in total. The Bertz CT molecular complexity index is 719. The number of hydrogen-bond acceptors (Lipinski definition) is 3. The van der Waals surface area contributed by atoms with Crippen LogP contribution in [0.4, 0.5) is 0 Å². The van der Waals surface area contributed by atoms with Gasteiger partial charge in [0.1, 0.15) is 11.8 Å². The molecule has 0 aromatic heterocycles. The molecule has 0 unspecified atom stereocenters. The molecule has 0 saturated heterocycles. The van der Waals surface area contributed by atoms with Crippen molar-refractivity contribution >= 4 is 11.8 Å². The van der Waals surface area contributed by atoms with Crippen LogP contribution in [0.25, 0.3) is 0 Å². The summed E-state index contributed by atoms with van der Waals surface area (Å²) in [7, 11) is 0. The molecule has 0 saturated carbocycles. The van der Waals surface area contributed by atoms with Crippen LogP contribution in [0.1, 0.15) is 38.7 Å². The van der Waals surface area contributed by atoms with Gasteiger partial charge in [0, 0.05) is 19.5 Å². The number of para-hydroxylation sites is 1. The minimum atomic E-state index is -0.519. The molecule has 2 aromatic rings. The Labute approximate surface area is 167 Å². The third-order valence-electron chi connectivity index (χ3n) is 4.46. The van der Waals surface area contributed by atoms with E-state index in [0.717, 1.165) is 17.7 Å². The number of benzene rings is 2. The van der Waals surface area contributed by atoms with E-state index in [-0.39, 0.29) is 11.8 Å². The molecule has 2 aromatic carbocycles. The lowest BCUT2D eigenvalue weighted by atomic mass is 10.1. The Kier molecular flexibility index (Phi) is 9.05. The van der Waals surface area contributed by atoms with Crippen LogP contribution in [0.15, 0.2) is 60.7 Å². The number of hydrogen-bond donors (Lipinski definition) is 1. The molecular weight excluding hydrogens is 352 g/mol. The molecular formula is C23H30N2O3. The third kappa shape index (κ3) is 7.06. The zero-order valence-corrected chi connectivity index (χ0v) is 16.8. The standard InChI is InChI=1S/C23H30N2O3/c1-3-16-24-23(27)19(2)25(18-20-11-6-4-7-12-20)22(26)15-10-17-28-21-13-8-5-9-14-21/h4-9,11-14,19H,3,10,15-18H2,1-2H3,(H,24,27)/t19-/m0/s1. The highest BCUT2D eigenvalue weighted by Gasteiger charge is 2.25. The van der Waals surface area contributed by atoms with E-state index >= 15 is 0 Å². The van der Waals surface area contributed by atoms with Crippen molar-refractivity contribution in [2.45, 2.75) is 45.7 Å². The van der Waals surface area contributed by atoms with Crippen LogP contribution in [0.3, 0.4) is 0 Å². The van der Waals surface area contributed by atoms with Crippen LogP contribution in [-0.2, 0) is 16.1 Å². The van der Waals surface area contributed by atoms with E-state index in [0.29, 0.717) is 32.5 Å². The SMILES string of the molecule is CCCNC(=O)[C@H](C)N(Cc1ccccc1)C(=O)CCCOc1ccccc1. The van der Waals surface area contributed by atoms with Crippen molar-refractivity contribution < 1.29 is 14.3 Å². The van der Waals surface area contributed by atoms with E-state index in [1.807, 2.05) is 67.6 Å². The lowest BCUT2D eigenvalue weighted by Gasteiger charge is -2.29. The van der Waals surface area contributed by atoms with Crippen LogP contribution in [0.5, 0.6) is 5.75 Å². The first-order chi connectivity index (χ1) is 13.6. The van der Waals surface area contributed by atoms with Gasteiger partial charge >= 0.3 is 0 Å². The average Bonchev–Trinajstić information content (AvgIpc) is 2.74. The van der Waals surface area contributed by atoms with Crippen molar-refractivity contribution in [3.05, 3.63) is 66.2 Å². The van der Waals surface area contributed by atoms with Crippen molar-refractivity contribution in [3.63, 3.8) is 0 Å². The smallest absolute Gasteiger partial charge is 0.242 e. The molecule has 0 spiro atoms. The van der Waals surface area contributed by atoms with E-state index in [4.69, 9.17) is 4.74 Å². The Morgan fingerprint density at radius 2 is 1.68 bits per heavy atom. The molecule has 2 rings (SSSR count). The van der Waals surface area contributed by atoms with E-state index in [9.17, 15) is 9.59 Å². The highest BCUT2D eigenvalue weighted by atomic mass is 16.5. The second-order valence-electron chi connectivity index (χ2n) is 6.74. The zero-order chi connectivity index (χ0) is 20.2. The summed E-state index contributed by atoms with van der Waals surface area (Å²) in [6.45, 7) is 5.28. The Balaban J connectivity index is 1.94. The van der Waals surface area contributed by atoms with E-state index in [2.05, 4.69) is 5.32 Å². The quantitative estimate of drug-likeness (QED) is 0.602. The Morgan fingerprint density at radius 1 is 1.04 bits per heavy atom. The van der Waals surface area contributed by atoms with E-state index in [1.165, 1.54) is 0 Å². The average molecular weight is 383 g/mol. The van der Waals surface area contributed by atoms with Gasteiger partial charge in [0.2, 0.25) is 11.8 Å². The Morgan fingerprint density at radius 3 is 2.32 bits per heavy atom. The van der Waals surface area contributed by atoms with Crippen LogP contribution in [0.2, 0.25) is 0 Å². The van der Waals surface area contributed by atoms with Crippen LogP contribution in [-0.4, -0.2) is 35.9 Å². The topological polar surface area (TPSA) is 58.6 Å². The number of rotatable bonds is 11. The van der Waals surface area contributed by atoms with Gasteiger partial charge in [-0.3, -0.25) is 9.59 Å². The predicted octanol–water partition coefficient (Wildman–Crippen LogP) is 3.79. The summed E-state index contributed by atoms with van der Waals surface area (Å²) in [5.41, 5.74) is 1.01. The predicted molar refractivity (Wildman–Crippen MR) is 111 cm³/mol. The fourth-order valence-corrected chi connectivity index (χ4v) is 2.83. The summed E-state index contributed by atoms with van der Waals surface area (Å²) in [4.78, 5) is 26.9. The number of nitrogens with zero attached hydrogens (tertiary/aromatic N) is 1. The summed E-state index contributed by atoms with van der Waals surface area (Å²) < 4.78 is 5.67. The molecule has 1 N–H and O–H groups in total. The molecule has 0 aliphatic carbocycles. The first-order valence-electron chi connectivity index (χ1n) is 9.90. The highest BCUT2D eigenvalue weighted by molar-refractivity contribution is 5.87. The summed E-state index contributed by atoms with van der Waals surface area (Å²) in [6.07, 6.45) is 1.80. The summed E-state index contributed by atoms with van der Waals surface area (Å²) >= 11 is 0. The minimum absolute atomic E-state index is 0.0420. The van der Waals surface area contributed by atoms with Crippen LogP contribution in [0, 0.1) is 0 Å². The number of nitrogens with one attached hydrogen (secondary N) is 1. The molecule has 0 radical (unpaired) electrons. The Hall–Kier alpha value is -2.82. The van der Waals surface area contributed by atoms with Gasteiger partial charge < -0.3 is 15.0 Å². The maximum atomic E-state index is 12.9. The van der Waals surface area contributed by atoms with Crippen molar-refractivity contribution in [3.8, 4) is 5.75 Å². The van der Waals surface area contributed by atoms with Crippen LogP contribution < -0.4 is 10.1 Å². The maximum Gasteiger partial charge on any atom is 0.242 e. The monoisotopic (exact) mass is 382 g/mol. The number of carbonyl (C=O) groups excluding carboxylic acids is 2. The summed E-state index contributed by atoms with van der Waals surface area (Å²) in [6, 6.07) is 18.8. The second kappa shape index (κ2) is 11.8. The fourth-order valence-electron chi connectivity index (χ4n) is 2.83. The third-order valence-corrected chi connectivity index (χ3v) is 4.46. The summed E-state index contributed by atoms with van der Waals surface area (Å²) in [5, 5.41) is 2.88. The normalized spacial score (nSPS) is 11.5. The second-order valence-corrected chi connectivity index (χ2v) is 6.74. The van der Waals surface area contributed by atoms with Crippen LogP contribution >= 0.6 is 0 Å². The van der Waals surface area contributed by atoms with Gasteiger partial charge in [-0.2, -0.15) is 0 Å². The first kappa shape index (κ1) is 21.5. The van der Waals surface area contributed by atoms with Crippen molar-refractivity contribution in [2.75, 3.05) is 13.2 Å². The number of ether oxygens (including phenoxy) is 1. The lowest BCUT2D eigenvalue weighted by molar-refractivity contribution is -0.140. The lowest BCUT2D eigenvalue weighted by Crippen LogP contribution is -2.47. The molecule has 0 fully saturated rings. The number of carbonyl (C=O) groups is 2.